The second-order valence-corrected chi connectivity index (χ2v) is 3.89. The molecule has 0 fully saturated rings. The largest absolute Gasteiger partial charge is 0.484 e. The Kier molecular flexibility index (Phi) is 5.95. The highest BCUT2D eigenvalue weighted by Crippen LogP contribution is 2.16. The molecule has 8 heteroatoms. The molecule has 1 aromatic carbocycles. The van der Waals surface area contributed by atoms with Crippen LogP contribution in [0.3, 0.4) is 0 Å². The van der Waals surface area contributed by atoms with E-state index in [4.69, 9.17) is 9.84 Å². The fourth-order valence-electron chi connectivity index (χ4n) is 1.33. The highest BCUT2D eigenvalue weighted by molar-refractivity contribution is 5.77. The van der Waals surface area contributed by atoms with Crippen LogP contribution in [0.4, 0.5) is 5.69 Å². The van der Waals surface area contributed by atoms with Crippen LogP contribution < -0.4 is 10.1 Å². The molecule has 0 atom stereocenters. The van der Waals surface area contributed by atoms with Gasteiger partial charge in [0.2, 0.25) is 0 Å². The van der Waals surface area contributed by atoms with Crippen molar-refractivity contribution in [2.24, 2.45) is 0 Å². The van der Waals surface area contributed by atoms with Gasteiger partial charge in [-0.15, -0.1) is 0 Å². The number of nitrogens with zero attached hydrogens (tertiary/aromatic N) is 1. The Morgan fingerprint density at radius 1 is 1.30 bits per heavy atom. The molecule has 0 aliphatic heterocycles. The lowest BCUT2D eigenvalue weighted by molar-refractivity contribution is -0.384. The molecule has 0 aliphatic carbocycles. The molecule has 108 valence electrons. The van der Waals surface area contributed by atoms with Crippen LogP contribution in [-0.2, 0) is 9.59 Å². The number of hydrogen-bond acceptors (Lipinski definition) is 5. The Hall–Kier alpha value is -2.64. The topological polar surface area (TPSA) is 119 Å². The van der Waals surface area contributed by atoms with E-state index in [1.807, 2.05) is 0 Å². The number of amides is 1. The van der Waals surface area contributed by atoms with Crippen molar-refractivity contribution in [3.8, 4) is 5.75 Å². The maximum Gasteiger partial charge on any atom is 0.303 e. The van der Waals surface area contributed by atoms with Crippen LogP contribution in [0, 0.1) is 10.1 Å². The van der Waals surface area contributed by atoms with Gasteiger partial charge < -0.3 is 15.2 Å². The molecule has 0 aliphatic rings. The summed E-state index contributed by atoms with van der Waals surface area (Å²) >= 11 is 0. The van der Waals surface area contributed by atoms with E-state index in [2.05, 4.69) is 5.32 Å². The summed E-state index contributed by atoms with van der Waals surface area (Å²) in [5.41, 5.74) is -0.0597. The Morgan fingerprint density at radius 2 is 1.95 bits per heavy atom. The SMILES string of the molecule is O=C(O)CCCNC(=O)COc1ccc([N+](=O)[O-])cc1. The molecule has 0 radical (unpaired) electrons. The highest BCUT2D eigenvalue weighted by atomic mass is 16.6. The van der Waals surface area contributed by atoms with Gasteiger partial charge in [0, 0.05) is 25.1 Å². The van der Waals surface area contributed by atoms with Crippen LogP contribution in [-0.4, -0.2) is 35.1 Å². The van der Waals surface area contributed by atoms with Crippen LogP contribution in [0.2, 0.25) is 0 Å². The fourth-order valence-corrected chi connectivity index (χ4v) is 1.33. The van der Waals surface area contributed by atoms with Gasteiger partial charge in [-0.1, -0.05) is 0 Å². The van der Waals surface area contributed by atoms with Gasteiger partial charge in [0.25, 0.3) is 11.6 Å². The number of rotatable bonds is 8. The predicted octanol–water partition coefficient (Wildman–Crippen LogP) is 0.955. The minimum atomic E-state index is -0.915. The minimum absolute atomic E-state index is 0.0104. The van der Waals surface area contributed by atoms with Crippen molar-refractivity contribution in [2.75, 3.05) is 13.2 Å². The van der Waals surface area contributed by atoms with Crippen LogP contribution in [0.5, 0.6) is 5.75 Å². The molecule has 0 spiro atoms. The molecule has 0 unspecified atom stereocenters. The van der Waals surface area contributed by atoms with Gasteiger partial charge in [-0.25, -0.2) is 0 Å². The third kappa shape index (κ3) is 5.80. The summed E-state index contributed by atoms with van der Waals surface area (Å²) in [6.07, 6.45) is 0.335. The lowest BCUT2D eigenvalue weighted by Gasteiger charge is -2.06. The number of nitro groups is 1. The molecule has 0 bridgehead atoms. The monoisotopic (exact) mass is 282 g/mol. The molecule has 1 aromatic rings. The van der Waals surface area contributed by atoms with E-state index in [9.17, 15) is 19.7 Å². The average molecular weight is 282 g/mol. The maximum absolute atomic E-state index is 11.3. The Bertz CT molecular complexity index is 485. The maximum atomic E-state index is 11.3. The first kappa shape index (κ1) is 15.4. The molecule has 8 nitrogen and oxygen atoms in total. The van der Waals surface area contributed by atoms with Crippen molar-refractivity contribution in [3.05, 3.63) is 34.4 Å². The van der Waals surface area contributed by atoms with Crippen molar-refractivity contribution in [1.29, 1.82) is 0 Å². The summed E-state index contributed by atoms with van der Waals surface area (Å²) in [6.45, 7) is 0.0274. The first-order valence-electron chi connectivity index (χ1n) is 5.85. The van der Waals surface area contributed by atoms with Gasteiger partial charge in [0.1, 0.15) is 5.75 Å². The Balaban J connectivity index is 2.26. The number of carboxylic acid groups (broad SMARTS) is 1. The number of ether oxygens (including phenoxy) is 1. The molecule has 1 rings (SSSR count). The van der Waals surface area contributed by atoms with E-state index in [0.29, 0.717) is 12.2 Å². The molecule has 20 heavy (non-hydrogen) atoms. The third-order valence-corrected chi connectivity index (χ3v) is 2.31. The van der Waals surface area contributed by atoms with Crippen LogP contribution in [0.15, 0.2) is 24.3 Å². The summed E-state index contributed by atoms with van der Waals surface area (Å²) in [6, 6.07) is 5.35. The van der Waals surface area contributed by atoms with Gasteiger partial charge in [0.05, 0.1) is 4.92 Å². The van der Waals surface area contributed by atoms with Gasteiger partial charge in [0.15, 0.2) is 6.61 Å². The van der Waals surface area contributed by atoms with E-state index >= 15 is 0 Å². The normalized spacial score (nSPS) is 9.80. The minimum Gasteiger partial charge on any atom is -0.484 e. The van der Waals surface area contributed by atoms with Gasteiger partial charge in [-0.2, -0.15) is 0 Å². The second kappa shape index (κ2) is 7.72. The Labute approximate surface area is 114 Å². The van der Waals surface area contributed by atoms with Crippen molar-refractivity contribution in [3.63, 3.8) is 0 Å². The molecule has 0 saturated carbocycles. The van der Waals surface area contributed by atoms with Crippen LogP contribution in [0.1, 0.15) is 12.8 Å². The quantitative estimate of drug-likeness (QED) is 0.416. The van der Waals surface area contributed by atoms with Crippen molar-refractivity contribution in [1.82, 2.24) is 5.32 Å². The lowest BCUT2D eigenvalue weighted by Crippen LogP contribution is -2.29. The molecule has 2 N–H and O–H groups in total. The van der Waals surface area contributed by atoms with Crippen LogP contribution in [0.25, 0.3) is 0 Å². The summed E-state index contributed by atoms with van der Waals surface area (Å²) in [4.78, 5) is 31.5. The first-order valence-corrected chi connectivity index (χ1v) is 5.85. The lowest BCUT2D eigenvalue weighted by atomic mass is 10.3. The molecule has 0 heterocycles. The number of carbonyl (C=O) groups is 2. The number of carbonyl (C=O) groups excluding carboxylic acids is 1. The highest BCUT2D eigenvalue weighted by Gasteiger charge is 2.06. The summed E-state index contributed by atoms with van der Waals surface area (Å²) < 4.78 is 5.13. The Morgan fingerprint density at radius 3 is 2.50 bits per heavy atom. The van der Waals surface area contributed by atoms with Crippen molar-refractivity contribution in [2.45, 2.75) is 12.8 Å². The zero-order chi connectivity index (χ0) is 15.0. The molecular formula is C12H14N2O6. The molecule has 1 amide bonds. The summed E-state index contributed by atoms with van der Waals surface area (Å²) in [5.74, 6) is -0.952. The van der Waals surface area contributed by atoms with Crippen molar-refractivity contribution < 1.29 is 24.4 Å². The summed E-state index contributed by atoms with van der Waals surface area (Å²) in [7, 11) is 0. The second-order valence-electron chi connectivity index (χ2n) is 3.89. The van der Waals surface area contributed by atoms with E-state index in [1.165, 1.54) is 24.3 Å². The van der Waals surface area contributed by atoms with E-state index in [0.717, 1.165) is 0 Å². The van der Waals surface area contributed by atoms with Gasteiger partial charge >= 0.3 is 5.97 Å². The molecule has 0 saturated heterocycles. The van der Waals surface area contributed by atoms with Gasteiger partial charge in [-0.05, 0) is 18.6 Å². The number of aliphatic carboxylic acids is 1. The summed E-state index contributed by atoms with van der Waals surface area (Å²) in [5, 5.41) is 21.3. The number of nitrogens with one attached hydrogen (secondary N) is 1. The number of benzene rings is 1. The number of carboxylic acids is 1. The zero-order valence-corrected chi connectivity index (χ0v) is 10.6. The number of non-ortho nitro benzene ring substituents is 1. The van der Waals surface area contributed by atoms with E-state index < -0.39 is 10.9 Å². The zero-order valence-electron chi connectivity index (χ0n) is 10.6. The smallest absolute Gasteiger partial charge is 0.303 e. The molecular weight excluding hydrogens is 268 g/mol. The van der Waals surface area contributed by atoms with Gasteiger partial charge in [-0.3, -0.25) is 19.7 Å². The van der Waals surface area contributed by atoms with Crippen molar-refractivity contribution >= 4 is 17.6 Å². The molecule has 0 aromatic heterocycles. The standard InChI is InChI=1S/C12H14N2O6/c15-11(13-7-1-2-12(16)17)8-20-10-5-3-9(4-6-10)14(18)19/h3-6H,1-2,7-8H2,(H,13,15)(H,16,17). The van der Waals surface area contributed by atoms with Crippen LogP contribution >= 0.6 is 0 Å². The first-order chi connectivity index (χ1) is 9.49. The van der Waals surface area contributed by atoms with E-state index in [-0.39, 0.29) is 31.2 Å². The number of nitro benzene ring substituents is 1. The third-order valence-electron chi connectivity index (χ3n) is 2.31. The average Bonchev–Trinajstić information content (AvgIpc) is 2.41. The number of hydrogen-bond donors (Lipinski definition) is 2. The van der Waals surface area contributed by atoms with E-state index in [1.54, 1.807) is 0 Å². The predicted molar refractivity (Wildman–Crippen MR) is 68.5 cm³/mol. The fraction of sp³-hybridized carbons (Fsp3) is 0.333.